The molecule has 2 rings (SSSR count). The second-order valence-electron chi connectivity index (χ2n) is 5.10. The summed E-state index contributed by atoms with van der Waals surface area (Å²) in [6.45, 7) is 3.46. The molecule has 2 heterocycles. The monoisotopic (exact) mass is 255 g/mol. The van der Waals surface area contributed by atoms with Crippen molar-refractivity contribution in [1.82, 2.24) is 4.90 Å². The van der Waals surface area contributed by atoms with Crippen LogP contribution in [-0.2, 0) is 23.9 Å². The number of likely N-dealkylation sites (tertiary alicyclic amines) is 1. The van der Waals surface area contributed by atoms with Crippen LogP contribution in [-0.4, -0.2) is 54.5 Å². The maximum Gasteiger partial charge on any atom is 0.342 e. The van der Waals surface area contributed by atoms with Crippen molar-refractivity contribution in [2.45, 2.75) is 37.5 Å². The molecule has 0 aliphatic carbocycles. The summed E-state index contributed by atoms with van der Waals surface area (Å²) >= 11 is 0. The second kappa shape index (κ2) is 3.78. The quantitative estimate of drug-likeness (QED) is 0.386. The maximum atomic E-state index is 12.2. The lowest BCUT2D eigenvalue weighted by Gasteiger charge is -2.38. The molecule has 2 aliphatic heterocycles. The molecule has 100 valence electrons. The van der Waals surface area contributed by atoms with Gasteiger partial charge in [-0.25, -0.2) is 4.79 Å². The number of hydrogen-bond acceptors (Lipinski definition) is 5. The van der Waals surface area contributed by atoms with Crippen LogP contribution in [0.1, 0.15) is 20.3 Å². The molecule has 2 fully saturated rings. The standard InChI is InChI=1S/C12H17NO5/c1-7-5-8-9(15)13(3)12(6-14,10(16)17-4)11(8,2)18-7/h6-8H,5H2,1-4H3/t7?,8-,11-,12-/m0/s1. The van der Waals surface area contributed by atoms with Gasteiger partial charge in [0, 0.05) is 7.05 Å². The van der Waals surface area contributed by atoms with Gasteiger partial charge in [0.1, 0.15) is 5.60 Å². The molecule has 4 atom stereocenters. The van der Waals surface area contributed by atoms with E-state index >= 15 is 0 Å². The van der Waals surface area contributed by atoms with Crippen molar-refractivity contribution in [3.05, 3.63) is 0 Å². The summed E-state index contributed by atoms with van der Waals surface area (Å²) in [5.41, 5.74) is -2.85. The third-order valence-electron chi connectivity index (χ3n) is 4.26. The van der Waals surface area contributed by atoms with Gasteiger partial charge in [0.15, 0.2) is 6.29 Å². The molecule has 1 amide bonds. The number of likely N-dealkylation sites (N-methyl/N-ethyl adjacent to an activating group) is 1. The lowest BCUT2D eigenvalue weighted by atomic mass is 9.77. The van der Waals surface area contributed by atoms with Gasteiger partial charge in [-0.3, -0.25) is 9.59 Å². The third kappa shape index (κ3) is 1.19. The van der Waals surface area contributed by atoms with Crippen molar-refractivity contribution in [2.24, 2.45) is 5.92 Å². The Kier molecular flexibility index (Phi) is 2.73. The van der Waals surface area contributed by atoms with Crippen molar-refractivity contribution in [1.29, 1.82) is 0 Å². The molecule has 0 spiro atoms. The zero-order chi connectivity index (χ0) is 13.7. The number of nitrogens with zero attached hydrogens (tertiary/aromatic N) is 1. The average molecular weight is 255 g/mol. The number of carbonyl (C=O) groups excluding carboxylic acids is 3. The van der Waals surface area contributed by atoms with Crippen LogP contribution in [0.4, 0.5) is 0 Å². The van der Waals surface area contributed by atoms with E-state index in [0.717, 1.165) is 4.90 Å². The fourth-order valence-electron chi connectivity index (χ4n) is 3.28. The lowest BCUT2D eigenvalue weighted by molar-refractivity contribution is -0.173. The maximum absolute atomic E-state index is 12.2. The van der Waals surface area contributed by atoms with E-state index in [1.165, 1.54) is 14.2 Å². The average Bonchev–Trinajstić information content (AvgIpc) is 2.71. The molecule has 0 aromatic rings. The zero-order valence-electron chi connectivity index (χ0n) is 10.9. The van der Waals surface area contributed by atoms with E-state index in [1.54, 1.807) is 6.92 Å². The minimum absolute atomic E-state index is 0.165. The molecule has 0 N–H and O–H groups in total. The van der Waals surface area contributed by atoms with Gasteiger partial charge in [-0.05, 0) is 20.3 Å². The number of methoxy groups -OCH3 is 1. The smallest absolute Gasteiger partial charge is 0.342 e. The summed E-state index contributed by atoms with van der Waals surface area (Å²) in [7, 11) is 2.63. The Morgan fingerprint density at radius 3 is 2.72 bits per heavy atom. The van der Waals surface area contributed by atoms with E-state index in [0.29, 0.717) is 12.7 Å². The number of carbonyl (C=O) groups is 3. The van der Waals surface area contributed by atoms with Crippen molar-refractivity contribution in [3.63, 3.8) is 0 Å². The summed E-state index contributed by atoms with van der Waals surface area (Å²) in [4.78, 5) is 37.0. The molecule has 0 aromatic carbocycles. The molecule has 0 bridgehead atoms. The van der Waals surface area contributed by atoms with E-state index in [9.17, 15) is 14.4 Å². The first kappa shape index (κ1) is 13.0. The molecule has 18 heavy (non-hydrogen) atoms. The molecule has 2 saturated heterocycles. The zero-order valence-corrected chi connectivity index (χ0v) is 10.9. The highest BCUT2D eigenvalue weighted by Crippen LogP contribution is 2.51. The summed E-state index contributed by atoms with van der Waals surface area (Å²) in [5, 5.41) is 0. The van der Waals surface area contributed by atoms with Crippen molar-refractivity contribution >= 4 is 18.2 Å². The van der Waals surface area contributed by atoms with Gasteiger partial charge in [-0.15, -0.1) is 0 Å². The number of esters is 1. The molecule has 6 heteroatoms. The molecule has 1 unspecified atom stereocenters. The lowest BCUT2D eigenvalue weighted by Crippen LogP contribution is -2.64. The van der Waals surface area contributed by atoms with Crippen molar-refractivity contribution in [2.75, 3.05) is 14.2 Å². The van der Waals surface area contributed by atoms with Crippen LogP contribution >= 0.6 is 0 Å². The Morgan fingerprint density at radius 2 is 2.22 bits per heavy atom. The number of rotatable bonds is 2. The van der Waals surface area contributed by atoms with Crippen LogP contribution < -0.4 is 0 Å². The van der Waals surface area contributed by atoms with Crippen molar-refractivity contribution in [3.8, 4) is 0 Å². The van der Waals surface area contributed by atoms with Crippen LogP contribution in [0.5, 0.6) is 0 Å². The van der Waals surface area contributed by atoms with Crippen molar-refractivity contribution < 1.29 is 23.9 Å². The van der Waals surface area contributed by atoms with E-state index < -0.39 is 23.0 Å². The fraction of sp³-hybridized carbons (Fsp3) is 0.750. The first-order chi connectivity index (χ1) is 8.35. The Labute approximate surface area is 105 Å². The van der Waals surface area contributed by atoms with Gasteiger partial charge >= 0.3 is 5.97 Å². The predicted octanol–water partition coefficient (Wildman–Crippen LogP) is -0.247. The van der Waals surface area contributed by atoms with Gasteiger partial charge in [0.2, 0.25) is 11.4 Å². The van der Waals surface area contributed by atoms with Gasteiger partial charge < -0.3 is 14.4 Å². The Hall–Kier alpha value is -1.43. The van der Waals surface area contributed by atoms with E-state index in [2.05, 4.69) is 0 Å². The first-order valence-corrected chi connectivity index (χ1v) is 5.85. The molecular formula is C12H17NO5. The van der Waals surface area contributed by atoms with Crippen LogP contribution in [0.2, 0.25) is 0 Å². The highest BCUT2D eigenvalue weighted by Gasteiger charge is 2.73. The van der Waals surface area contributed by atoms with Gasteiger partial charge in [0.05, 0.1) is 19.1 Å². The van der Waals surface area contributed by atoms with Gasteiger partial charge in [0.25, 0.3) is 0 Å². The number of aldehydes is 1. The Bertz CT molecular complexity index is 423. The Balaban J connectivity index is 2.60. The SMILES string of the molecule is COC(=O)[C@]1(C=O)N(C)C(=O)[C@@H]2CC(C)O[C@@]21C. The molecular weight excluding hydrogens is 238 g/mol. The predicted molar refractivity (Wildman–Crippen MR) is 60.6 cm³/mol. The molecule has 0 saturated carbocycles. The van der Waals surface area contributed by atoms with Gasteiger partial charge in [-0.1, -0.05) is 0 Å². The first-order valence-electron chi connectivity index (χ1n) is 5.85. The number of hydrogen-bond donors (Lipinski definition) is 0. The van der Waals surface area contributed by atoms with Crippen LogP contribution in [0, 0.1) is 5.92 Å². The summed E-state index contributed by atoms with van der Waals surface area (Å²) in [5.74, 6) is -1.49. The van der Waals surface area contributed by atoms with Crippen LogP contribution in [0.15, 0.2) is 0 Å². The Morgan fingerprint density at radius 1 is 1.61 bits per heavy atom. The fourth-order valence-corrected chi connectivity index (χ4v) is 3.28. The minimum Gasteiger partial charge on any atom is -0.467 e. The largest absolute Gasteiger partial charge is 0.467 e. The summed E-state index contributed by atoms with van der Waals surface area (Å²) in [6, 6.07) is 0. The highest BCUT2D eigenvalue weighted by atomic mass is 16.5. The number of fused-ring (bicyclic) bond motifs is 1. The second-order valence-corrected chi connectivity index (χ2v) is 5.10. The highest BCUT2D eigenvalue weighted by molar-refractivity contribution is 6.08. The minimum atomic E-state index is -1.69. The summed E-state index contributed by atoms with van der Waals surface area (Å²) in [6.07, 6.45) is 0.808. The number of ether oxygens (including phenoxy) is 2. The van der Waals surface area contributed by atoms with Gasteiger partial charge in [-0.2, -0.15) is 0 Å². The third-order valence-corrected chi connectivity index (χ3v) is 4.26. The van der Waals surface area contributed by atoms with Crippen LogP contribution in [0.25, 0.3) is 0 Å². The summed E-state index contributed by atoms with van der Waals surface area (Å²) < 4.78 is 10.5. The molecule has 0 aromatic heterocycles. The normalized spacial score (nSPS) is 42.9. The molecule has 2 aliphatic rings. The molecule has 0 radical (unpaired) electrons. The topological polar surface area (TPSA) is 72.9 Å². The number of amides is 1. The van der Waals surface area contributed by atoms with E-state index in [-0.39, 0.29) is 12.0 Å². The van der Waals surface area contributed by atoms with E-state index in [4.69, 9.17) is 9.47 Å². The van der Waals surface area contributed by atoms with Crippen LogP contribution in [0.3, 0.4) is 0 Å². The van der Waals surface area contributed by atoms with E-state index in [1.807, 2.05) is 6.92 Å². The molecule has 6 nitrogen and oxygen atoms in total.